The van der Waals surface area contributed by atoms with Gasteiger partial charge in [-0.05, 0) is 6.08 Å². The number of rotatable bonds is 0. The van der Waals surface area contributed by atoms with E-state index in [4.69, 9.17) is 9.76 Å². The molecule has 3 N–H and O–H groups in total. The molecule has 1 atom stereocenters. The Bertz CT molecular complexity index is 239. The van der Waals surface area contributed by atoms with E-state index in [0.717, 1.165) is 5.37 Å². The summed E-state index contributed by atoms with van der Waals surface area (Å²) in [6, 6.07) is 0. The third kappa shape index (κ3) is 1.68. The van der Waals surface area contributed by atoms with Crippen molar-refractivity contribution in [3.8, 4) is 0 Å². The van der Waals surface area contributed by atoms with Crippen LogP contribution in [0.5, 0.6) is 0 Å². The highest BCUT2D eigenvalue weighted by atomic mass is 32.2. The predicted octanol–water partition coefficient (Wildman–Crippen LogP) is -0.816. The first-order chi connectivity index (χ1) is 4.10. The van der Waals surface area contributed by atoms with Crippen LogP contribution < -0.4 is 4.83 Å². The van der Waals surface area contributed by atoms with Crippen molar-refractivity contribution in [2.45, 2.75) is 0 Å². The van der Waals surface area contributed by atoms with Crippen LogP contribution in [0.25, 0.3) is 0 Å². The smallest absolute Gasteiger partial charge is 0.164 e. The SMILES string of the molecule is O=S1(O)=CC=CN(O)N1. The summed E-state index contributed by atoms with van der Waals surface area (Å²) in [4.78, 5) is 1.89. The van der Waals surface area contributed by atoms with Crippen molar-refractivity contribution in [1.29, 1.82) is 0 Å². The molecule has 1 aliphatic rings. The summed E-state index contributed by atoms with van der Waals surface area (Å²) in [5.74, 6) is 0. The lowest BCUT2D eigenvalue weighted by Crippen LogP contribution is -2.38. The van der Waals surface area contributed by atoms with Crippen LogP contribution in [-0.4, -0.2) is 24.5 Å². The Morgan fingerprint density at radius 3 is 2.67 bits per heavy atom. The molecule has 1 heterocycles. The van der Waals surface area contributed by atoms with Gasteiger partial charge in [-0.3, -0.25) is 5.21 Å². The normalized spacial score (nSPS) is 34.2. The first-order valence-corrected chi connectivity index (χ1v) is 3.72. The lowest BCUT2D eigenvalue weighted by molar-refractivity contribution is -0.0640. The van der Waals surface area contributed by atoms with Gasteiger partial charge in [0.05, 0.1) is 0 Å². The fraction of sp³-hybridized carbons (Fsp3) is 0. The number of nitrogens with one attached hydrogen (secondary N) is 1. The van der Waals surface area contributed by atoms with Crippen LogP contribution in [0.4, 0.5) is 0 Å². The summed E-state index contributed by atoms with van der Waals surface area (Å²) < 4.78 is 19.2. The van der Waals surface area contributed by atoms with E-state index in [9.17, 15) is 4.21 Å². The number of hydrogen-bond donors (Lipinski definition) is 3. The zero-order valence-corrected chi connectivity index (χ0v) is 5.21. The van der Waals surface area contributed by atoms with E-state index in [-0.39, 0.29) is 0 Å². The van der Waals surface area contributed by atoms with E-state index >= 15 is 0 Å². The molecule has 1 rings (SSSR count). The Balaban J connectivity index is 2.92. The van der Waals surface area contributed by atoms with Crippen molar-refractivity contribution in [2.24, 2.45) is 0 Å². The predicted molar refractivity (Wildman–Crippen MR) is 32.7 cm³/mol. The van der Waals surface area contributed by atoms with Gasteiger partial charge in [-0.2, -0.15) is 5.17 Å². The fourth-order valence-electron chi connectivity index (χ4n) is 0.418. The number of nitrogens with zero attached hydrogens (tertiary/aromatic N) is 1. The van der Waals surface area contributed by atoms with Gasteiger partial charge in [0.2, 0.25) is 0 Å². The van der Waals surface area contributed by atoms with Crippen molar-refractivity contribution in [3.05, 3.63) is 12.3 Å². The summed E-state index contributed by atoms with van der Waals surface area (Å²) in [5.41, 5.74) is 0. The van der Waals surface area contributed by atoms with Gasteiger partial charge in [0.25, 0.3) is 0 Å². The molecule has 5 nitrogen and oxygen atoms in total. The zero-order chi connectivity index (χ0) is 6.91. The van der Waals surface area contributed by atoms with Gasteiger partial charge in [-0.1, -0.05) is 0 Å². The summed E-state index contributed by atoms with van der Waals surface area (Å²) in [6.07, 6.45) is 2.48. The Labute approximate surface area is 52.5 Å². The van der Waals surface area contributed by atoms with Crippen molar-refractivity contribution >= 4 is 15.4 Å². The van der Waals surface area contributed by atoms with Crippen LogP contribution in [0.15, 0.2) is 12.3 Å². The molecule has 0 saturated carbocycles. The van der Waals surface area contributed by atoms with Gasteiger partial charge in [0.1, 0.15) is 0 Å². The first kappa shape index (κ1) is 6.56. The third-order valence-electron chi connectivity index (χ3n) is 0.715. The topological polar surface area (TPSA) is 72.8 Å². The molecule has 0 aromatic heterocycles. The van der Waals surface area contributed by atoms with E-state index < -0.39 is 9.99 Å². The largest absolute Gasteiger partial charge is 0.301 e. The van der Waals surface area contributed by atoms with Crippen LogP contribution in [0.2, 0.25) is 0 Å². The molecular formula is C3H6N2O3S. The van der Waals surface area contributed by atoms with Gasteiger partial charge in [-0.25, -0.2) is 4.21 Å². The molecule has 9 heavy (non-hydrogen) atoms. The maximum atomic E-state index is 10.6. The van der Waals surface area contributed by atoms with Crippen LogP contribution >= 0.6 is 0 Å². The molecule has 0 radical (unpaired) electrons. The molecule has 1 aliphatic heterocycles. The highest BCUT2D eigenvalue weighted by Crippen LogP contribution is 1.88. The molecule has 0 aromatic carbocycles. The lowest BCUT2D eigenvalue weighted by Gasteiger charge is -2.15. The lowest BCUT2D eigenvalue weighted by atomic mass is 10.7. The molecule has 0 bridgehead atoms. The second-order valence-corrected chi connectivity index (χ2v) is 3.07. The summed E-state index contributed by atoms with van der Waals surface area (Å²) in [7, 11) is -3.17. The molecule has 0 spiro atoms. The Morgan fingerprint density at radius 2 is 2.33 bits per heavy atom. The molecule has 0 fully saturated rings. The van der Waals surface area contributed by atoms with Crippen molar-refractivity contribution in [3.63, 3.8) is 0 Å². The molecule has 0 aliphatic carbocycles. The number of hydrogen-bond acceptors (Lipinski definition) is 3. The average molecular weight is 150 g/mol. The highest BCUT2D eigenvalue weighted by molar-refractivity contribution is 7.94. The summed E-state index contributed by atoms with van der Waals surface area (Å²) in [5, 5.41) is 10.0. The molecule has 1 unspecified atom stereocenters. The van der Waals surface area contributed by atoms with Gasteiger partial charge in [0, 0.05) is 11.6 Å². The fourth-order valence-corrected chi connectivity index (χ4v) is 1.09. The van der Waals surface area contributed by atoms with E-state index in [1.54, 1.807) is 0 Å². The van der Waals surface area contributed by atoms with Crippen LogP contribution in [-0.2, 0) is 9.99 Å². The quantitative estimate of drug-likeness (QED) is 0.395. The second-order valence-electron chi connectivity index (χ2n) is 1.48. The summed E-state index contributed by atoms with van der Waals surface area (Å²) in [6.45, 7) is 0. The molecule has 0 saturated heterocycles. The van der Waals surface area contributed by atoms with Crippen molar-refractivity contribution in [2.75, 3.05) is 0 Å². The van der Waals surface area contributed by atoms with Crippen LogP contribution in [0, 0.1) is 0 Å². The Kier molecular flexibility index (Phi) is 1.45. The molecular weight excluding hydrogens is 144 g/mol. The van der Waals surface area contributed by atoms with E-state index in [2.05, 4.69) is 0 Å². The first-order valence-electron chi connectivity index (χ1n) is 2.14. The van der Waals surface area contributed by atoms with E-state index in [0.29, 0.717) is 5.17 Å². The van der Waals surface area contributed by atoms with Gasteiger partial charge in [0.15, 0.2) is 9.99 Å². The highest BCUT2D eigenvalue weighted by Gasteiger charge is 2.05. The molecule has 0 amide bonds. The van der Waals surface area contributed by atoms with Crippen molar-refractivity contribution in [1.82, 2.24) is 10.0 Å². The molecule has 0 aromatic rings. The van der Waals surface area contributed by atoms with E-state index in [1.807, 2.05) is 4.83 Å². The standard InChI is InChI=1S/C3H6N2O3S/c6-5-2-1-3-9(7,8)4-5/h1-3,6H,(H2,4,7,8). The van der Waals surface area contributed by atoms with Gasteiger partial charge in [-0.15, -0.1) is 4.83 Å². The average Bonchev–Trinajstić information content (AvgIpc) is 1.60. The number of allylic oxidation sites excluding steroid dienone is 1. The second kappa shape index (κ2) is 1.99. The monoisotopic (exact) mass is 150 g/mol. The van der Waals surface area contributed by atoms with Gasteiger partial charge < -0.3 is 4.55 Å². The minimum atomic E-state index is -3.17. The Hall–Kier alpha value is -0.560. The summed E-state index contributed by atoms with van der Waals surface area (Å²) >= 11 is 0. The zero-order valence-electron chi connectivity index (χ0n) is 4.39. The maximum Gasteiger partial charge on any atom is 0.164 e. The minimum Gasteiger partial charge on any atom is -0.301 e. The Morgan fingerprint density at radius 1 is 1.67 bits per heavy atom. The molecule has 52 valence electrons. The molecule has 6 heteroatoms. The van der Waals surface area contributed by atoms with Crippen molar-refractivity contribution < 1.29 is 14.0 Å². The van der Waals surface area contributed by atoms with Crippen LogP contribution in [0.3, 0.4) is 0 Å². The number of hydroxylamine groups is 1. The number of hydrazine groups is 1. The van der Waals surface area contributed by atoms with Crippen LogP contribution in [0.1, 0.15) is 0 Å². The minimum absolute atomic E-state index is 0.433. The van der Waals surface area contributed by atoms with E-state index in [1.165, 1.54) is 12.3 Å². The van der Waals surface area contributed by atoms with Gasteiger partial charge >= 0.3 is 0 Å². The third-order valence-corrected chi connectivity index (χ3v) is 1.69. The maximum absolute atomic E-state index is 10.6.